The molecular weight excluding hydrogens is 228 g/mol. The quantitative estimate of drug-likeness (QED) is 0.765. The van der Waals surface area contributed by atoms with Gasteiger partial charge in [-0.1, -0.05) is 33.1 Å². The lowest BCUT2D eigenvalue weighted by Crippen LogP contribution is -2.67. The Bertz CT molecular complexity index is 397. The van der Waals surface area contributed by atoms with Gasteiger partial charge >= 0.3 is 0 Å². The van der Waals surface area contributed by atoms with Crippen molar-refractivity contribution in [3.8, 4) is 0 Å². The molecule has 100 valence electrons. The first-order valence-corrected chi connectivity index (χ1v) is 7.07. The first-order chi connectivity index (χ1) is 8.45. The topological polar surface area (TPSA) is 49.4 Å². The Balaban J connectivity index is 1.84. The molecule has 3 fully saturated rings. The first-order valence-electron chi connectivity index (χ1n) is 7.07. The van der Waals surface area contributed by atoms with E-state index in [1.165, 1.54) is 6.42 Å². The van der Waals surface area contributed by atoms with Crippen molar-refractivity contribution < 1.29 is 9.59 Å². The zero-order chi connectivity index (χ0) is 13.0. The molecular formula is C14H22N2O2. The molecule has 0 bridgehead atoms. The molecule has 1 spiro atoms. The number of nitrogens with zero attached hydrogens (tertiary/aromatic N) is 1. The second-order valence-electron chi connectivity index (χ2n) is 6.83. The lowest BCUT2D eigenvalue weighted by atomic mass is 9.79. The smallest absolute Gasteiger partial charge is 0.249 e. The lowest BCUT2D eigenvalue weighted by Gasteiger charge is -2.44. The third kappa shape index (κ3) is 1.73. The van der Waals surface area contributed by atoms with E-state index in [4.69, 9.17) is 0 Å². The monoisotopic (exact) mass is 250 g/mol. The number of carbonyl (C=O) groups excluding carboxylic acids is 2. The van der Waals surface area contributed by atoms with E-state index in [0.717, 1.165) is 32.1 Å². The normalized spacial score (nSPS) is 33.4. The summed E-state index contributed by atoms with van der Waals surface area (Å²) in [4.78, 5) is 26.5. The van der Waals surface area contributed by atoms with Crippen molar-refractivity contribution in [2.24, 2.45) is 5.41 Å². The van der Waals surface area contributed by atoms with E-state index in [-0.39, 0.29) is 29.8 Å². The Morgan fingerprint density at radius 3 is 2.33 bits per heavy atom. The van der Waals surface area contributed by atoms with Gasteiger partial charge in [-0.15, -0.1) is 0 Å². The van der Waals surface area contributed by atoms with E-state index < -0.39 is 5.54 Å². The van der Waals surface area contributed by atoms with Gasteiger partial charge in [0.1, 0.15) is 5.54 Å². The molecule has 1 saturated heterocycles. The fraction of sp³-hybridized carbons (Fsp3) is 0.857. The lowest BCUT2D eigenvalue weighted by molar-refractivity contribution is -0.152. The van der Waals surface area contributed by atoms with Crippen LogP contribution in [0.3, 0.4) is 0 Å². The Labute approximate surface area is 108 Å². The summed E-state index contributed by atoms with van der Waals surface area (Å²) in [5.74, 6) is 0.205. The molecule has 0 aromatic heterocycles. The van der Waals surface area contributed by atoms with Gasteiger partial charge in [-0.2, -0.15) is 0 Å². The summed E-state index contributed by atoms with van der Waals surface area (Å²) < 4.78 is 0. The standard InChI is InChI=1S/C14H22N2O2/c1-13(2)8-10(13)16-9-11(17)15-14(12(16)18)6-4-3-5-7-14/h10H,3-9H2,1-2H3,(H,15,17). The number of nitrogens with one attached hydrogen (secondary N) is 1. The number of rotatable bonds is 1. The minimum absolute atomic E-state index is 0.0270. The molecule has 18 heavy (non-hydrogen) atoms. The van der Waals surface area contributed by atoms with Crippen LogP contribution in [0, 0.1) is 5.41 Å². The molecule has 0 aromatic rings. The fourth-order valence-electron chi connectivity index (χ4n) is 3.58. The Kier molecular flexibility index (Phi) is 2.48. The van der Waals surface area contributed by atoms with Gasteiger partial charge in [-0.25, -0.2) is 0 Å². The number of carbonyl (C=O) groups is 2. The van der Waals surface area contributed by atoms with Crippen LogP contribution in [0.1, 0.15) is 52.4 Å². The molecule has 2 aliphatic carbocycles. The van der Waals surface area contributed by atoms with Gasteiger partial charge in [-0.3, -0.25) is 9.59 Å². The number of piperazine rings is 1. The van der Waals surface area contributed by atoms with Crippen LogP contribution in [-0.2, 0) is 9.59 Å². The van der Waals surface area contributed by atoms with Gasteiger partial charge in [-0.05, 0) is 24.7 Å². The SMILES string of the molecule is CC1(C)CC1N1CC(=O)NC2(CCCCC2)C1=O. The van der Waals surface area contributed by atoms with E-state index in [9.17, 15) is 9.59 Å². The average molecular weight is 250 g/mol. The molecule has 3 aliphatic rings. The molecule has 1 aliphatic heterocycles. The van der Waals surface area contributed by atoms with Crippen LogP contribution >= 0.6 is 0 Å². The van der Waals surface area contributed by atoms with Crippen molar-refractivity contribution in [2.45, 2.75) is 64.0 Å². The maximum atomic E-state index is 12.7. The summed E-state index contributed by atoms with van der Waals surface area (Å²) in [7, 11) is 0. The summed E-state index contributed by atoms with van der Waals surface area (Å²) in [6.45, 7) is 4.60. The van der Waals surface area contributed by atoms with Crippen LogP contribution in [0.5, 0.6) is 0 Å². The van der Waals surface area contributed by atoms with E-state index in [0.29, 0.717) is 0 Å². The number of hydrogen-bond donors (Lipinski definition) is 1. The van der Waals surface area contributed by atoms with Crippen molar-refractivity contribution in [3.63, 3.8) is 0 Å². The van der Waals surface area contributed by atoms with Crippen molar-refractivity contribution in [2.75, 3.05) is 6.54 Å². The average Bonchev–Trinajstić information content (AvgIpc) is 2.94. The predicted octanol–water partition coefficient (Wildman–Crippen LogP) is 1.45. The molecule has 4 nitrogen and oxygen atoms in total. The minimum atomic E-state index is -0.563. The maximum Gasteiger partial charge on any atom is 0.249 e. The van der Waals surface area contributed by atoms with Crippen LogP contribution in [0.4, 0.5) is 0 Å². The molecule has 1 unspecified atom stereocenters. The summed E-state index contributed by atoms with van der Waals surface area (Å²) in [5.41, 5.74) is -0.366. The molecule has 0 radical (unpaired) electrons. The van der Waals surface area contributed by atoms with Gasteiger partial charge in [0, 0.05) is 6.04 Å². The second-order valence-corrected chi connectivity index (χ2v) is 6.83. The fourth-order valence-corrected chi connectivity index (χ4v) is 3.58. The Hall–Kier alpha value is -1.06. The van der Waals surface area contributed by atoms with Crippen molar-refractivity contribution >= 4 is 11.8 Å². The van der Waals surface area contributed by atoms with Crippen molar-refractivity contribution in [1.82, 2.24) is 10.2 Å². The summed E-state index contributed by atoms with van der Waals surface area (Å²) >= 11 is 0. The highest BCUT2D eigenvalue weighted by Gasteiger charge is 2.57. The third-order valence-corrected chi connectivity index (χ3v) is 4.91. The van der Waals surface area contributed by atoms with Crippen molar-refractivity contribution in [1.29, 1.82) is 0 Å². The van der Waals surface area contributed by atoms with Crippen LogP contribution in [0.2, 0.25) is 0 Å². The molecule has 2 saturated carbocycles. The van der Waals surface area contributed by atoms with Crippen LogP contribution in [0.25, 0.3) is 0 Å². The van der Waals surface area contributed by atoms with Crippen LogP contribution < -0.4 is 5.32 Å². The molecule has 2 amide bonds. The molecule has 4 heteroatoms. The zero-order valence-electron chi connectivity index (χ0n) is 11.3. The van der Waals surface area contributed by atoms with Gasteiger partial charge in [0.25, 0.3) is 0 Å². The number of amides is 2. The molecule has 1 atom stereocenters. The summed E-state index contributed by atoms with van der Waals surface area (Å²) in [5, 5.41) is 2.99. The molecule has 3 rings (SSSR count). The van der Waals surface area contributed by atoms with E-state index >= 15 is 0 Å². The maximum absolute atomic E-state index is 12.7. The zero-order valence-corrected chi connectivity index (χ0v) is 11.3. The Morgan fingerprint density at radius 1 is 1.17 bits per heavy atom. The largest absolute Gasteiger partial charge is 0.340 e. The Morgan fingerprint density at radius 2 is 1.78 bits per heavy atom. The van der Waals surface area contributed by atoms with Crippen molar-refractivity contribution in [3.05, 3.63) is 0 Å². The predicted molar refractivity (Wildman–Crippen MR) is 67.9 cm³/mol. The molecule has 1 N–H and O–H groups in total. The third-order valence-electron chi connectivity index (χ3n) is 4.91. The second kappa shape index (κ2) is 3.72. The highest BCUT2D eigenvalue weighted by molar-refractivity contribution is 5.98. The first kappa shape index (κ1) is 12.0. The summed E-state index contributed by atoms with van der Waals surface area (Å²) in [6.07, 6.45) is 5.95. The molecule has 1 heterocycles. The van der Waals surface area contributed by atoms with E-state index in [1.54, 1.807) is 0 Å². The highest BCUT2D eigenvalue weighted by Crippen LogP contribution is 2.50. The highest BCUT2D eigenvalue weighted by atomic mass is 16.2. The van der Waals surface area contributed by atoms with Crippen LogP contribution in [-0.4, -0.2) is 34.8 Å². The van der Waals surface area contributed by atoms with E-state index in [1.807, 2.05) is 4.90 Å². The van der Waals surface area contributed by atoms with Gasteiger partial charge in [0.2, 0.25) is 11.8 Å². The minimum Gasteiger partial charge on any atom is -0.340 e. The molecule has 0 aromatic carbocycles. The van der Waals surface area contributed by atoms with Gasteiger partial charge in [0.15, 0.2) is 0 Å². The van der Waals surface area contributed by atoms with E-state index in [2.05, 4.69) is 19.2 Å². The van der Waals surface area contributed by atoms with Gasteiger partial charge < -0.3 is 10.2 Å². The van der Waals surface area contributed by atoms with Crippen LogP contribution in [0.15, 0.2) is 0 Å². The number of hydrogen-bond acceptors (Lipinski definition) is 2. The van der Waals surface area contributed by atoms with Gasteiger partial charge in [0.05, 0.1) is 6.54 Å². The summed E-state index contributed by atoms with van der Waals surface area (Å²) in [6, 6.07) is 0.273.